The molecule has 0 spiro atoms. The molecule has 1 aromatic heterocycles. The average molecular weight is 360 g/mol. The van der Waals surface area contributed by atoms with E-state index in [2.05, 4.69) is 73.1 Å². The fourth-order valence-electron chi connectivity index (χ4n) is 4.07. The number of benzene rings is 4. The van der Waals surface area contributed by atoms with E-state index in [0.717, 1.165) is 27.6 Å². The lowest BCUT2D eigenvalue weighted by molar-refractivity contribution is 1.41. The molecule has 28 heavy (non-hydrogen) atoms. The lowest BCUT2D eigenvalue weighted by atomic mass is 9.92. The van der Waals surface area contributed by atoms with Gasteiger partial charge in [-0.25, -0.2) is 0 Å². The Hall–Kier alpha value is -3.65. The van der Waals surface area contributed by atoms with Gasteiger partial charge < -0.3 is 5.73 Å². The van der Waals surface area contributed by atoms with Crippen LogP contribution >= 0.6 is 0 Å². The predicted octanol–water partition coefficient (Wildman–Crippen LogP) is 6.74. The van der Waals surface area contributed by atoms with E-state index in [1.54, 1.807) is 6.20 Å². The minimum absolute atomic E-state index is 0.678. The highest BCUT2D eigenvalue weighted by Crippen LogP contribution is 2.36. The number of nitrogens with two attached hydrogens (primary N) is 1. The van der Waals surface area contributed by atoms with Crippen LogP contribution in [0.5, 0.6) is 0 Å². The number of aromatic nitrogens is 1. The molecule has 4 aromatic carbocycles. The Morgan fingerprint density at radius 2 is 1.68 bits per heavy atom. The van der Waals surface area contributed by atoms with Crippen molar-refractivity contribution in [1.29, 1.82) is 0 Å². The molecule has 0 amide bonds. The Balaban J connectivity index is 1.80. The van der Waals surface area contributed by atoms with E-state index in [0.29, 0.717) is 5.69 Å². The van der Waals surface area contributed by atoms with E-state index in [1.807, 2.05) is 18.2 Å². The van der Waals surface area contributed by atoms with Crippen LogP contribution in [-0.4, -0.2) is 4.98 Å². The van der Waals surface area contributed by atoms with Crippen molar-refractivity contribution in [2.75, 3.05) is 5.73 Å². The molecule has 5 aromatic rings. The normalized spacial score (nSPS) is 11.3. The number of pyridine rings is 1. The molecule has 2 N–H and O–H groups in total. The summed E-state index contributed by atoms with van der Waals surface area (Å²) in [5, 5.41) is 6.07. The second-order valence-corrected chi connectivity index (χ2v) is 7.26. The van der Waals surface area contributed by atoms with Crippen LogP contribution in [0.15, 0.2) is 79.5 Å². The van der Waals surface area contributed by atoms with Crippen LogP contribution in [0.3, 0.4) is 0 Å². The number of aryl methyl sites for hydroxylation is 1. The van der Waals surface area contributed by atoms with Gasteiger partial charge in [0.2, 0.25) is 0 Å². The van der Waals surface area contributed by atoms with Crippen LogP contribution in [0.25, 0.3) is 49.7 Å². The molecule has 0 aliphatic rings. The predicted molar refractivity (Wildman–Crippen MR) is 121 cm³/mol. The van der Waals surface area contributed by atoms with Gasteiger partial charge in [0.15, 0.2) is 0 Å². The highest BCUT2D eigenvalue weighted by Gasteiger charge is 2.12. The molecule has 0 fully saturated rings. The molecule has 2 nitrogen and oxygen atoms in total. The van der Waals surface area contributed by atoms with Gasteiger partial charge >= 0.3 is 0 Å². The first-order valence-corrected chi connectivity index (χ1v) is 9.39. The molecule has 0 radical (unpaired) electrons. The van der Waals surface area contributed by atoms with E-state index in [9.17, 15) is 0 Å². The first-order chi connectivity index (χ1) is 13.7. The molecule has 134 valence electrons. The zero-order chi connectivity index (χ0) is 19.3. The van der Waals surface area contributed by atoms with Crippen LogP contribution < -0.4 is 5.73 Å². The van der Waals surface area contributed by atoms with Crippen LogP contribution in [0, 0.1) is 6.92 Å². The van der Waals surface area contributed by atoms with Crippen molar-refractivity contribution < 1.29 is 0 Å². The molecule has 2 heteroatoms. The first kappa shape index (κ1) is 16.5. The molecule has 0 unspecified atom stereocenters. The summed E-state index contributed by atoms with van der Waals surface area (Å²) in [4.78, 5) is 4.44. The van der Waals surface area contributed by atoms with Gasteiger partial charge in [0, 0.05) is 17.1 Å². The third kappa shape index (κ3) is 2.46. The lowest BCUT2D eigenvalue weighted by Gasteiger charge is -2.14. The largest absolute Gasteiger partial charge is 0.396 e. The minimum Gasteiger partial charge on any atom is -0.396 e. The summed E-state index contributed by atoms with van der Waals surface area (Å²) < 4.78 is 0. The summed E-state index contributed by atoms with van der Waals surface area (Å²) in [6.07, 6.45) is 3.60. The van der Waals surface area contributed by atoms with Gasteiger partial charge in [0.1, 0.15) is 0 Å². The van der Waals surface area contributed by atoms with E-state index in [4.69, 9.17) is 5.73 Å². The highest BCUT2D eigenvalue weighted by atomic mass is 14.7. The van der Waals surface area contributed by atoms with Crippen molar-refractivity contribution in [2.24, 2.45) is 0 Å². The highest BCUT2D eigenvalue weighted by molar-refractivity contribution is 6.09. The Morgan fingerprint density at radius 3 is 2.54 bits per heavy atom. The molecule has 0 saturated heterocycles. The van der Waals surface area contributed by atoms with Crippen molar-refractivity contribution in [3.05, 3.63) is 90.6 Å². The van der Waals surface area contributed by atoms with E-state index in [1.165, 1.54) is 27.1 Å². The second kappa shape index (κ2) is 6.21. The maximum atomic E-state index is 6.44. The first-order valence-electron chi connectivity index (χ1n) is 9.39. The Bertz CT molecular complexity index is 1400. The fourth-order valence-corrected chi connectivity index (χ4v) is 4.07. The van der Waals surface area contributed by atoms with Crippen LogP contribution in [0.4, 0.5) is 5.69 Å². The summed E-state index contributed by atoms with van der Waals surface area (Å²) in [5.74, 6) is 0. The number of hydrogen-bond donors (Lipinski definition) is 1. The molecule has 0 atom stereocenters. The standard InChI is InChI=1S/C26H20N2/c1-3-21-24(15-20-5-4-12-28-26(20)25(21)27)19-10-11-22-18(14-19)9-8-17-7-6-16(2)13-23(17)22/h3-15H,1,27H2,2H3. The van der Waals surface area contributed by atoms with Gasteiger partial charge in [-0.15, -0.1) is 0 Å². The molecule has 0 bridgehead atoms. The smallest absolute Gasteiger partial charge is 0.0937 e. The van der Waals surface area contributed by atoms with E-state index in [-0.39, 0.29) is 0 Å². The number of hydrogen-bond acceptors (Lipinski definition) is 2. The van der Waals surface area contributed by atoms with Crippen molar-refractivity contribution in [1.82, 2.24) is 4.98 Å². The van der Waals surface area contributed by atoms with Crippen molar-refractivity contribution in [2.45, 2.75) is 6.92 Å². The topological polar surface area (TPSA) is 38.9 Å². The summed E-state index contributed by atoms with van der Waals surface area (Å²) in [7, 11) is 0. The van der Waals surface area contributed by atoms with Crippen LogP contribution in [0.1, 0.15) is 11.1 Å². The third-order valence-corrected chi connectivity index (χ3v) is 5.48. The summed E-state index contributed by atoms with van der Waals surface area (Å²) >= 11 is 0. The zero-order valence-electron chi connectivity index (χ0n) is 15.7. The molecular formula is C26H20N2. The maximum absolute atomic E-state index is 6.44. The van der Waals surface area contributed by atoms with Crippen molar-refractivity contribution in [3.63, 3.8) is 0 Å². The van der Waals surface area contributed by atoms with Gasteiger partial charge in [0.25, 0.3) is 0 Å². The monoisotopic (exact) mass is 360 g/mol. The lowest BCUT2D eigenvalue weighted by Crippen LogP contribution is -1.96. The molecule has 1 heterocycles. The Labute approximate surface area is 163 Å². The van der Waals surface area contributed by atoms with E-state index < -0.39 is 0 Å². The zero-order valence-corrected chi connectivity index (χ0v) is 15.7. The van der Waals surface area contributed by atoms with Crippen molar-refractivity contribution >= 4 is 44.2 Å². The second-order valence-electron chi connectivity index (χ2n) is 7.26. The minimum atomic E-state index is 0.678. The van der Waals surface area contributed by atoms with E-state index >= 15 is 0 Å². The Morgan fingerprint density at radius 1 is 0.857 bits per heavy atom. The quantitative estimate of drug-likeness (QED) is 0.279. The van der Waals surface area contributed by atoms with Crippen LogP contribution in [0.2, 0.25) is 0 Å². The molecular weight excluding hydrogens is 340 g/mol. The number of nitrogen functional groups attached to an aromatic ring is 1. The SMILES string of the molecule is C=Cc1c(-c2ccc3c(ccc4ccc(C)cc43)c2)cc2cccnc2c1N. The molecule has 0 aliphatic heterocycles. The molecule has 0 aliphatic carbocycles. The van der Waals surface area contributed by atoms with Gasteiger partial charge in [-0.1, -0.05) is 66.7 Å². The average Bonchev–Trinajstić information content (AvgIpc) is 2.73. The fraction of sp³-hybridized carbons (Fsp3) is 0.0385. The van der Waals surface area contributed by atoms with Gasteiger partial charge in [-0.2, -0.15) is 0 Å². The Kier molecular flexibility index (Phi) is 3.66. The number of fused-ring (bicyclic) bond motifs is 4. The number of rotatable bonds is 2. The summed E-state index contributed by atoms with van der Waals surface area (Å²) in [6, 6.07) is 23.7. The van der Waals surface area contributed by atoms with Crippen molar-refractivity contribution in [3.8, 4) is 11.1 Å². The molecule has 5 rings (SSSR count). The van der Waals surface area contributed by atoms with Gasteiger partial charge in [0.05, 0.1) is 11.2 Å². The van der Waals surface area contributed by atoms with Gasteiger partial charge in [-0.3, -0.25) is 4.98 Å². The summed E-state index contributed by atoms with van der Waals surface area (Å²) in [5.41, 5.74) is 12.4. The molecule has 0 saturated carbocycles. The van der Waals surface area contributed by atoms with Gasteiger partial charge in [-0.05, 0) is 57.8 Å². The number of nitrogens with zero attached hydrogens (tertiary/aromatic N) is 1. The number of anilines is 1. The maximum Gasteiger partial charge on any atom is 0.0937 e. The third-order valence-electron chi connectivity index (χ3n) is 5.48. The van der Waals surface area contributed by atoms with Crippen LogP contribution in [-0.2, 0) is 0 Å². The summed E-state index contributed by atoms with van der Waals surface area (Å²) in [6.45, 7) is 6.12.